The Morgan fingerprint density at radius 1 is 1.13 bits per heavy atom. The van der Waals surface area contributed by atoms with Crippen LogP contribution in [0, 0.1) is 0 Å². The summed E-state index contributed by atoms with van der Waals surface area (Å²) >= 11 is 1.03. The molecule has 0 saturated carbocycles. The summed E-state index contributed by atoms with van der Waals surface area (Å²) < 4.78 is 0. The van der Waals surface area contributed by atoms with Crippen LogP contribution < -0.4 is 0 Å². The van der Waals surface area contributed by atoms with Crippen LogP contribution in [0.15, 0.2) is 23.1 Å². The van der Waals surface area contributed by atoms with Crippen molar-refractivity contribution in [3.8, 4) is 0 Å². The zero-order valence-corrected chi connectivity index (χ0v) is 9.77. The molecule has 0 unspecified atom stereocenters. The number of carbonyl (C=O) groups excluding carboxylic acids is 2. The van der Waals surface area contributed by atoms with Gasteiger partial charge in [0.2, 0.25) is 5.78 Å². The summed E-state index contributed by atoms with van der Waals surface area (Å²) in [5.41, 5.74) is 1.66. The molecule has 1 heterocycles. The van der Waals surface area contributed by atoms with Crippen LogP contribution in [0.4, 0.5) is 0 Å². The summed E-state index contributed by atoms with van der Waals surface area (Å²) in [6.45, 7) is 6.26. The molecule has 0 aliphatic carbocycles. The first-order valence-corrected chi connectivity index (χ1v) is 5.62. The number of thioether (sulfide) groups is 1. The molecule has 0 spiro atoms. The molecule has 0 amide bonds. The Labute approximate surface area is 93.1 Å². The number of fused-ring (bicyclic) bond motifs is 1. The Hall–Kier alpha value is -1.09. The fraction of sp³-hybridized carbons (Fsp3) is 0.333. The molecule has 2 nitrogen and oxygen atoms in total. The number of Topliss-reactive ketones (excluding diaryl/α,β-unsaturated/α-hetero) is 1. The van der Waals surface area contributed by atoms with Gasteiger partial charge in [-0.1, -0.05) is 26.8 Å². The van der Waals surface area contributed by atoms with E-state index in [2.05, 4.69) is 20.8 Å². The van der Waals surface area contributed by atoms with Gasteiger partial charge in [-0.05, 0) is 34.9 Å². The van der Waals surface area contributed by atoms with Crippen LogP contribution in [-0.2, 0) is 10.2 Å². The molecule has 0 radical (unpaired) electrons. The van der Waals surface area contributed by atoms with Crippen molar-refractivity contribution in [2.75, 3.05) is 0 Å². The van der Waals surface area contributed by atoms with E-state index in [1.807, 2.05) is 18.2 Å². The molecule has 3 heteroatoms. The summed E-state index contributed by atoms with van der Waals surface area (Å²) in [4.78, 5) is 23.5. The number of ketones is 1. The van der Waals surface area contributed by atoms with E-state index in [9.17, 15) is 9.59 Å². The van der Waals surface area contributed by atoms with Crippen LogP contribution in [0.5, 0.6) is 0 Å². The normalized spacial score (nSPS) is 15.7. The van der Waals surface area contributed by atoms with E-state index < -0.39 is 0 Å². The van der Waals surface area contributed by atoms with Crippen molar-refractivity contribution in [2.45, 2.75) is 31.1 Å². The van der Waals surface area contributed by atoms with Crippen molar-refractivity contribution < 1.29 is 9.59 Å². The van der Waals surface area contributed by atoms with Gasteiger partial charge in [-0.3, -0.25) is 9.59 Å². The lowest BCUT2D eigenvalue weighted by atomic mass is 9.86. The molecule has 78 valence electrons. The summed E-state index contributed by atoms with van der Waals surface area (Å²) in [5, 5.41) is -0.365. The van der Waals surface area contributed by atoms with Gasteiger partial charge in [0, 0.05) is 10.5 Å². The molecular formula is C12H12O2S. The van der Waals surface area contributed by atoms with E-state index >= 15 is 0 Å². The third kappa shape index (κ3) is 1.72. The van der Waals surface area contributed by atoms with Gasteiger partial charge in [-0.15, -0.1) is 0 Å². The highest BCUT2D eigenvalue weighted by atomic mass is 32.2. The lowest BCUT2D eigenvalue weighted by Crippen LogP contribution is -2.12. The smallest absolute Gasteiger partial charge is 0.264 e. The minimum atomic E-state index is -0.365. The van der Waals surface area contributed by atoms with Crippen LogP contribution in [-0.4, -0.2) is 10.9 Å². The van der Waals surface area contributed by atoms with Crippen molar-refractivity contribution in [1.29, 1.82) is 0 Å². The van der Waals surface area contributed by atoms with Gasteiger partial charge in [0.25, 0.3) is 5.12 Å². The number of hydrogen-bond acceptors (Lipinski definition) is 3. The molecule has 1 aromatic rings. The SMILES string of the molecule is CC(C)(C)c1ccc2c(c1)C(=O)C(=O)S2. The molecule has 15 heavy (non-hydrogen) atoms. The Bertz CT molecular complexity index is 455. The van der Waals surface area contributed by atoms with Crippen LogP contribution in [0.1, 0.15) is 36.7 Å². The Morgan fingerprint density at radius 3 is 2.40 bits per heavy atom. The summed E-state index contributed by atoms with van der Waals surface area (Å²) in [7, 11) is 0. The highest BCUT2D eigenvalue weighted by Gasteiger charge is 2.30. The van der Waals surface area contributed by atoms with Gasteiger partial charge < -0.3 is 0 Å². The third-order valence-electron chi connectivity index (χ3n) is 2.48. The number of benzene rings is 1. The first kappa shape index (κ1) is 10.4. The molecule has 1 aliphatic heterocycles. The minimum Gasteiger partial charge on any atom is -0.284 e. The van der Waals surface area contributed by atoms with Crippen LogP contribution in [0.25, 0.3) is 0 Å². The van der Waals surface area contributed by atoms with E-state index in [-0.39, 0.29) is 16.3 Å². The molecule has 0 bridgehead atoms. The van der Waals surface area contributed by atoms with Gasteiger partial charge in [0.1, 0.15) is 0 Å². The van der Waals surface area contributed by atoms with Gasteiger partial charge in [0.15, 0.2) is 0 Å². The van der Waals surface area contributed by atoms with Gasteiger partial charge in [-0.2, -0.15) is 0 Å². The summed E-state index contributed by atoms with van der Waals surface area (Å²) in [6, 6.07) is 5.69. The first-order chi connectivity index (χ1) is 6.89. The van der Waals surface area contributed by atoms with Crippen molar-refractivity contribution in [2.24, 2.45) is 0 Å². The molecule has 1 aliphatic rings. The number of rotatable bonds is 0. The maximum Gasteiger partial charge on any atom is 0.264 e. The third-order valence-corrected chi connectivity index (χ3v) is 3.42. The highest BCUT2D eigenvalue weighted by Crippen LogP contribution is 2.35. The van der Waals surface area contributed by atoms with E-state index in [1.165, 1.54) is 0 Å². The van der Waals surface area contributed by atoms with Crippen molar-refractivity contribution in [3.05, 3.63) is 29.3 Å². The van der Waals surface area contributed by atoms with E-state index in [0.717, 1.165) is 22.2 Å². The maximum absolute atomic E-state index is 11.5. The van der Waals surface area contributed by atoms with Crippen molar-refractivity contribution in [3.63, 3.8) is 0 Å². The Balaban J connectivity index is 2.54. The Kier molecular flexibility index (Phi) is 2.23. The van der Waals surface area contributed by atoms with E-state index in [0.29, 0.717) is 5.56 Å². The lowest BCUT2D eigenvalue weighted by molar-refractivity contribution is -0.107. The molecule has 1 aromatic carbocycles. The number of hydrogen-bond donors (Lipinski definition) is 0. The molecule has 0 saturated heterocycles. The van der Waals surface area contributed by atoms with Crippen molar-refractivity contribution >= 4 is 22.7 Å². The van der Waals surface area contributed by atoms with Gasteiger partial charge >= 0.3 is 0 Å². The summed E-state index contributed by atoms with van der Waals surface area (Å²) in [6.07, 6.45) is 0. The standard InChI is InChI=1S/C12H12O2S/c1-12(2,3)7-4-5-9-8(6-7)10(13)11(14)15-9/h4-6H,1-3H3. The predicted molar refractivity (Wildman–Crippen MR) is 60.3 cm³/mol. The average molecular weight is 220 g/mol. The first-order valence-electron chi connectivity index (χ1n) is 4.80. The highest BCUT2D eigenvalue weighted by molar-refractivity contribution is 8.16. The van der Waals surface area contributed by atoms with Crippen LogP contribution >= 0.6 is 11.8 Å². The maximum atomic E-state index is 11.5. The van der Waals surface area contributed by atoms with Gasteiger partial charge in [-0.25, -0.2) is 0 Å². The fourth-order valence-corrected chi connectivity index (χ4v) is 2.32. The quantitative estimate of drug-likeness (QED) is 0.630. The van der Waals surface area contributed by atoms with E-state index in [4.69, 9.17) is 0 Å². The average Bonchev–Trinajstić information content (AvgIpc) is 2.41. The second-order valence-corrected chi connectivity index (χ2v) is 5.69. The minimum absolute atomic E-state index is 0.00557. The molecule has 2 rings (SSSR count). The second kappa shape index (κ2) is 3.20. The molecule has 0 atom stereocenters. The monoisotopic (exact) mass is 220 g/mol. The second-order valence-electron chi connectivity index (χ2n) is 4.68. The largest absolute Gasteiger partial charge is 0.284 e. The molecule has 0 aromatic heterocycles. The lowest BCUT2D eigenvalue weighted by Gasteiger charge is -2.19. The van der Waals surface area contributed by atoms with Crippen LogP contribution in [0.3, 0.4) is 0 Å². The number of carbonyl (C=O) groups is 2. The molecular weight excluding hydrogens is 208 g/mol. The summed E-state index contributed by atoms with van der Waals surface area (Å²) in [5.74, 6) is -0.360. The topological polar surface area (TPSA) is 34.1 Å². The zero-order valence-electron chi connectivity index (χ0n) is 8.96. The molecule has 0 fully saturated rings. The van der Waals surface area contributed by atoms with Crippen molar-refractivity contribution in [1.82, 2.24) is 0 Å². The predicted octanol–water partition coefficient (Wildman–Crippen LogP) is 2.80. The Morgan fingerprint density at radius 2 is 1.80 bits per heavy atom. The zero-order chi connectivity index (χ0) is 11.2. The van der Waals surface area contributed by atoms with Gasteiger partial charge in [0.05, 0.1) is 0 Å². The molecule has 0 N–H and O–H groups in total. The fourth-order valence-electron chi connectivity index (χ4n) is 1.52. The van der Waals surface area contributed by atoms with E-state index in [1.54, 1.807) is 0 Å². The van der Waals surface area contributed by atoms with Crippen LogP contribution in [0.2, 0.25) is 0 Å².